The Kier molecular flexibility index (Phi) is 3.52. The zero-order chi connectivity index (χ0) is 13.9. The number of ether oxygens (including phenoxy) is 1. The van der Waals surface area contributed by atoms with Crippen LogP contribution in [0.3, 0.4) is 0 Å². The molecule has 3 nitrogen and oxygen atoms in total. The predicted molar refractivity (Wildman–Crippen MR) is 78.9 cm³/mol. The van der Waals surface area contributed by atoms with E-state index in [9.17, 15) is 5.11 Å². The van der Waals surface area contributed by atoms with Crippen molar-refractivity contribution < 1.29 is 9.84 Å². The molecule has 3 rings (SSSR count). The second-order valence-corrected chi connectivity index (χ2v) is 5.00. The van der Waals surface area contributed by atoms with Gasteiger partial charge in [0.15, 0.2) is 6.10 Å². The third-order valence-corrected chi connectivity index (χ3v) is 3.48. The number of aliphatic hydroxyl groups excluding tert-OH is 1. The molecule has 0 fully saturated rings. The Bertz CT molecular complexity index is 605. The van der Waals surface area contributed by atoms with Gasteiger partial charge in [0.1, 0.15) is 6.04 Å². The molecule has 3 heteroatoms. The lowest BCUT2D eigenvalue weighted by Gasteiger charge is -2.16. The Morgan fingerprint density at radius 3 is 2.40 bits per heavy atom. The van der Waals surface area contributed by atoms with Gasteiger partial charge in [0, 0.05) is 5.56 Å². The Morgan fingerprint density at radius 1 is 1.05 bits per heavy atom. The van der Waals surface area contributed by atoms with E-state index in [1.54, 1.807) is 0 Å². The van der Waals surface area contributed by atoms with Crippen LogP contribution in [0.5, 0.6) is 0 Å². The summed E-state index contributed by atoms with van der Waals surface area (Å²) in [5, 5.41) is 9.53. The summed E-state index contributed by atoms with van der Waals surface area (Å²) in [5.41, 5.74) is 3.20. The van der Waals surface area contributed by atoms with E-state index < -0.39 is 0 Å². The summed E-state index contributed by atoms with van der Waals surface area (Å²) in [6.07, 6.45) is -0.212. The highest BCUT2D eigenvalue weighted by Crippen LogP contribution is 2.31. The summed E-state index contributed by atoms with van der Waals surface area (Å²) in [6, 6.07) is 17.7. The van der Waals surface area contributed by atoms with Gasteiger partial charge in [-0.05, 0) is 24.6 Å². The van der Waals surface area contributed by atoms with Crippen LogP contribution in [-0.2, 0) is 4.74 Å². The van der Waals surface area contributed by atoms with Gasteiger partial charge in [-0.25, -0.2) is 4.99 Å². The Morgan fingerprint density at radius 2 is 1.75 bits per heavy atom. The molecule has 2 aromatic carbocycles. The molecule has 1 unspecified atom stereocenters. The Balaban J connectivity index is 1.87. The van der Waals surface area contributed by atoms with Crippen molar-refractivity contribution in [1.82, 2.24) is 0 Å². The van der Waals surface area contributed by atoms with Gasteiger partial charge >= 0.3 is 0 Å². The van der Waals surface area contributed by atoms with Gasteiger partial charge in [-0.1, -0.05) is 48.0 Å². The van der Waals surface area contributed by atoms with Gasteiger partial charge < -0.3 is 9.84 Å². The van der Waals surface area contributed by atoms with Crippen LogP contribution in [0.1, 0.15) is 22.8 Å². The van der Waals surface area contributed by atoms with Crippen LogP contribution < -0.4 is 0 Å². The first-order valence-electron chi connectivity index (χ1n) is 6.75. The lowest BCUT2D eigenvalue weighted by atomic mass is 10.0. The van der Waals surface area contributed by atoms with Crippen molar-refractivity contribution >= 4 is 5.90 Å². The molecule has 2 atom stereocenters. The molecule has 0 aromatic heterocycles. The van der Waals surface area contributed by atoms with E-state index in [-0.39, 0.29) is 18.8 Å². The van der Waals surface area contributed by atoms with Crippen LogP contribution in [0.15, 0.2) is 59.6 Å². The maximum atomic E-state index is 9.53. The van der Waals surface area contributed by atoms with Crippen molar-refractivity contribution in [3.63, 3.8) is 0 Å². The molecule has 0 saturated heterocycles. The first-order chi connectivity index (χ1) is 9.78. The lowest BCUT2D eigenvalue weighted by Crippen LogP contribution is -2.17. The minimum absolute atomic E-state index is 0.0190. The molecular weight excluding hydrogens is 250 g/mol. The summed E-state index contributed by atoms with van der Waals surface area (Å²) in [7, 11) is 0. The smallest absolute Gasteiger partial charge is 0.217 e. The summed E-state index contributed by atoms with van der Waals surface area (Å²) in [5.74, 6) is 0.607. The first-order valence-corrected chi connectivity index (χ1v) is 6.75. The zero-order valence-electron chi connectivity index (χ0n) is 11.4. The average molecular weight is 267 g/mol. The van der Waals surface area contributed by atoms with E-state index in [4.69, 9.17) is 4.74 Å². The van der Waals surface area contributed by atoms with E-state index in [1.807, 2.05) is 54.6 Å². The molecule has 0 aliphatic carbocycles. The molecule has 0 saturated carbocycles. The van der Waals surface area contributed by atoms with E-state index in [0.717, 1.165) is 11.1 Å². The molecule has 20 heavy (non-hydrogen) atoms. The van der Waals surface area contributed by atoms with Crippen LogP contribution >= 0.6 is 0 Å². The van der Waals surface area contributed by atoms with Crippen molar-refractivity contribution in [3.8, 4) is 0 Å². The minimum atomic E-state index is -0.243. The fourth-order valence-electron chi connectivity index (χ4n) is 2.35. The maximum absolute atomic E-state index is 9.53. The first kappa shape index (κ1) is 12.9. The topological polar surface area (TPSA) is 41.8 Å². The summed E-state index contributed by atoms with van der Waals surface area (Å²) >= 11 is 0. The number of nitrogens with zero attached hydrogens (tertiary/aromatic N) is 1. The van der Waals surface area contributed by atoms with Crippen molar-refractivity contribution in [2.24, 2.45) is 4.99 Å². The molecule has 0 radical (unpaired) electrons. The predicted octanol–water partition coefficient (Wildman–Crippen LogP) is 2.87. The summed E-state index contributed by atoms with van der Waals surface area (Å²) < 4.78 is 5.97. The fraction of sp³-hybridized carbons (Fsp3) is 0.235. The molecule has 102 valence electrons. The van der Waals surface area contributed by atoms with Crippen LogP contribution in [0.4, 0.5) is 0 Å². The summed E-state index contributed by atoms with van der Waals surface area (Å²) in [6.45, 7) is 2.03. The highest BCUT2D eigenvalue weighted by molar-refractivity contribution is 5.95. The van der Waals surface area contributed by atoms with Gasteiger partial charge in [-0.3, -0.25) is 0 Å². The highest BCUT2D eigenvalue weighted by atomic mass is 16.5. The summed E-state index contributed by atoms with van der Waals surface area (Å²) in [4.78, 5) is 4.50. The number of hydrogen-bond acceptors (Lipinski definition) is 3. The van der Waals surface area contributed by atoms with E-state index >= 15 is 0 Å². The maximum Gasteiger partial charge on any atom is 0.217 e. The van der Waals surface area contributed by atoms with Crippen LogP contribution in [0.2, 0.25) is 0 Å². The van der Waals surface area contributed by atoms with Gasteiger partial charge in [0.05, 0.1) is 6.61 Å². The Labute approximate surface area is 118 Å². The zero-order valence-corrected chi connectivity index (χ0v) is 11.4. The van der Waals surface area contributed by atoms with Gasteiger partial charge in [0.25, 0.3) is 0 Å². The monoisotopic (exact) mass is 267 g/mol. The number of aryl methyl sites for hydroxylation is 1. The molecule has 2 aromatic rings. The second kappa shape index (κ2) is 5.47. The molecule has 0 bridgehead atoms. The molecule has 1 aliphatic rings. The van der Waals surface area contributed by atoms with Gasteiger partial charge in [-0.2, -0.15) is 0 Å². The van der Waals surface area contributed by atoms with Gasteiger partial charge in [-0.15, -0.1) is 0 Å². The second-order valence-electron chi connectivity index (χ2n) is 5.00. The number of rotatable bonds is 3. The van der Waals surface area contributed by atoms with Crippen LogP contribution in [0, 0.1) is 6.92 Å². The third kappa shape index (κ3) is 2.45. The van der Waals surface area contributed by atoms with Crippen molar-refractivity contribution in [1.29, 1.82) is 0 Å². The normalized spacial score (nSPS) is 21.4. The SMILES string of the molecule is Cc1ccc(C2OC(c3ccccc3)=N[C@@H]2CO)cc1. The lowest BCUT2D eigenvalue weighted by molar-refractivity contribution is 0.152. The molecule has 0 spiro atoms. The van der Waals surface area contributed by atoms with E-state index in [2.05, 4.69) is 11.9 Å². The quantitative estimate of drug-likeness (QED) is 0.929. The third-order valence-electron chi connectivity index (χ3n) is 3.48. The number of hydrogen-bond donors (Lipinski definition) is 1. The molecule has 1 aliphatic heterocycles. The molecule has 1 heterocycles. The number of aliphatic hydroxyl groups is 1. The van der Waals surface area contributed by atoms with Crippen molar-refractivity contribution in [2.45, 2.75) is 19.1 Å². The Hall–Kier alpha value is -2.13. The van der Waals surface area contributed by atoms with Crippen molar-refractivity contribution in [3.05, 3.63) is 71.3 Å². The fourth-order valence-corrected chi connectivity index (χ4v) is 2.35. The van der Waals surface area contributed by atoms with E-state index in [0.29, 0.717) is 5.90 Å². The minimum Gasteiger partial charge on any atom is -0.467 e. The number of benzene rings is 2. The van der Waals surface area contributed by atoms with Crippen LogP contribution in [-0.4, -0.2) is 23.7 Å². The van der Waals surface area contributed by atoms with Crippen molar-refractivity contribution in [2.75, 3.05) is 6.61 Å². The molecule has 1 N–H and O–H groups in total. The van der Waals surface area contributed by atoms with E-state index in [1.165, 1.54) is 5.56 Å². The largest absolute Gasteiger partial charge is 0.467 e. The molecular formula is C17H17NO2. The standard InChI is InChI=1S/C17H17NO2/c1-12-7-9-13(10-8-12)16-15(11-19)18-17(20-16)14-5-3-2-4-6-14/h2-10,15-16,19H,11H2,1H3/t15-,16?/m1/s1. The number of aliphatic imine (C=N–C) groups is 1. The van der Waals surface area contributed by atoms with Crippen LogP contribution in [0.25, 0.3) is 0 Å². The highest BCUT2D eigenvalue weighted by Gasteiger charge is 2.32. The molecule has 0 amide bonds. The van der Waals surface area contributed by atoms with Gasteiger partial charge in [0.2, 0.25) is 5.90 Å². The average Bonchev–Trinajstić information content (AvgIpc) is 2.93.